The summed E-state index contributed by atoms with van der Waals surface area (Å²) >= 11 is 3.38. The zero-order valence-corrected chi connectivity index (χ0v) is 13.7. The highest BCUT2D eigenvalue weighted by molar-refractivity contribution is 9.10. The number of nitrogens with two attached hydrogens (primary N) is 1. The second-order valence-corrected chi connectivity index (χ2v) is 8.43. The number of benzene rings is 1. The van der Waals surface area contributed by atoms with E-state index in [1.54, 1.807) is 22.5 Å². The summed E-state index contributed by atoms with van der Waals surface area (Å²) in [5.41, 5.74) is 6.52. The van der Waals surface area contributed by atoms with Gasteiger partial charge in [0.05, 0.1) is 4.90 Å². The number of halogens is 1. The number of hydrogen-bond acceptors (Lipinski definition) is 3. The van der Waals surface area contributed by atoms with E-state index in [2.05, 4.69) is 15.9 Å². The molecular formula is C14H19BrN2O2S. The van der Waals surface area contributed by atoms with Gasteiger partial charge in [-0.1, -0.05) is 6.07 Å². The third kappa shape index (κ3) is 2.93. The Balaban J connectivity index is 1.92. The maximum absolute atomic E-state index is 12.9. The Bertz CT molecular complexity index is 610. The molecule has 1 aromatic rings. The quantitative estimate of drug-likeness (QED) is 0.849. The Labute approximate surface area is 128 Å². The van der Waals surface area contributed by atoms with Crippen molar-refractivity contribution in [1.29, 1.82) is 0 Å². The minimum absolute atomic E-state index is 0.210. The fourth-order valence-electron chi connectivity index (χ4n) is 2.37. The van der Waals surface area contributed by atoms with E-state index in [0.29, 0.717) is 28.4 Å². The van der Waals surface area contributed by atoms with E-state index < -0.39 is 10.0 Å². The first-order valence-electron chi connectivity index (χ1n) is 7.02. The van der Waals surface area contributed by atoms with E-state index in [0.717, 1.165) is 31.2 Å². The van der Waals surface area contributed by atoms with E-state index in [-0.39, 0.29) is 6.04 Å². The molecule has 6 heteroatoms. The number of rotatable bonds is 6. The van der Waals surface area contributed by atoms with Gasteiger partial charge in [0, 0.05) is 23.6 Å². The van der Waals surface area contributed by atoms with Gasteiger partial charge in [0.15, 0.2) is 0 Å². The minimum Gasteiger partial charge on any atom is -0.326 e. The third-order valence-corrected chi connectivity index (χ3v) is 6.80. The van der Waals surface area contributed by atoms with Crippen LogP contribution in [0.1, 0.15) is 31.2 Å². The van der Waals surface area contributed by atoms with Crippen LogP contribution < -0.4 is 5.73 Å². The average Bonchev–Trinajstić information content (AvgIpc) is 3.27. The molecule has 2 aliphatic carbocycles. The van der Waals surface area contributed by atoms with Crippen molar-refractivity contribution >= 4 is 26.0 Å². The molecule has 0 radical (unpaired) electrons. The first-order chi connectivity index (χ1) is 9.52. The lowest BCUT2D eigenvalue weighted by Crippen LogP contribution is -2.35. The van der Waals surface area contributed by atoms with Crippen LogP contribution in [-0.2, 0) is 16.6 Å². The van der Waals surface area contributed by atoms with E-state index >= 15 is 0 Å². The van der Waals surface area contributed by atoms with Gasteiger partial charge >= 0.3 is 0 Å². The van der Waals surface area contributed by atoms with Crippen LogP contribution in [0.15, 0.2) is 27.6 Å². The summed E-state index contributed by atoms with van der Waals surface area (Å²) in [5, 5.41) is 0. The molecule has 0 spiro atoms. The molecule has 0 atom stereocenters. The summed E-state index contributed by atoms with van der Waals surface area (Å²) in [7, 11) is -3.40. The summed E-state index contributed by atoms with van der Waals surface area (Å²) in [6, 6.07) is 5.47. The smallest absolute Gasteiger partial charge is 0.244 e. The van der Waals surface area contributed by atoms with Crippen LogP contribution in [-0.4, -0.2) is 25.3 Å². The number of sulfonamides is 1. The highest BCUT2D eigenvalue weighted by Gasteiger charge is 2.41. The van der Waals surface area contributed by atoms with E-state index in [4.69, 9.17) is 5.73 Å². The van der Waals surface area contributed by atoms with Crippen LogP contribution in [0.2, 0.25) is 0 Å². The summed E-state index contributed by atoms with van der Waals surface area (Å²) in [5.74, 6) is 0.562. The standard InChI is InChI=1S/C14H19BrN2O2S/c15-13-7-11(8-16)3-6-14(13)20(18,19)17(12-4-5-12)9-10-1-2-10/h3,6-7,10,12H,1-2,4-5,8-9,16H2. The molecule has 20 heavy (non-hydrogen) atoms. The monoisotopic (exact) mass is 358 g/mol. The van der Waals surface area contributed by atoms with Crippen LogP contribution in [0.5, 0.6) is 0 Å². The van der Waals surface area contributed by atoms with Crippen molar-refractivity contribution in [2.75, 3.05) is 6.54 Å². The molecule has 2 aliphatic rings. The van der Waals surface area contributed by atoms with Gasteiger partial charge in [0.2, 0.25) is 10.0 Å². The molecular weight excluding hydrogens is 340 g/mol. The lowest BCUT2D eigenvalue weighted by Gasteiger charge is -2.22. The Kier molecular flexibility index (Phi) is 3.92. The van der Waals surface area contributed by atoms with Crippen molar-refractivity contribution in [3.63, 3.8) is 0 Å². The molecule has 110 valence electrons. The lowest BCUT2D eigenvalue weighted by molar-refractivity contribution is 0.388. The zero-order chi connectivity index (χ0) is 14.3. The van der Waals surface area contributed by atoms with Crippen molar-refractivity contribution < 1.29 is 8.42 Å². The van der Waals surface area contributed by atoms with Gasteiger partial charge in [-0.3, -0.25) is 0 Å². The SMILES string of the molecule is NCc1ccc(S(=O)(=O)N(CC2CC2)C2CC2)c(Br)c1. The molecule has 0 heterocycles. The molecule has 0 bridgehead atoms. The van der Waals surface area contributed by atoms with Crippen molar-refractivity contribution in [2.45, 2.75) is 43.2 Å². The molecule has 0 saturated heterocycles. The Morgan fingerprint density at radius 1 is 1.25 bits per heavy atom. The van der Waals surface area contributed by atoms with E-state index in [1.807, 2.05) is 0 Å². The van der Waals surface area contributed by atoms with Crippen molar-refractivity contribution in [2.24, 2.45) is 11.7 Å². The zero-order valence-electron chi connectivity index (χ0n) is 11.3. The normalized spacial score (nSPS) is 19.6. The van der Waals surface area contributed by atoms with Crippen molar-refractivity contribution in [1.82, 2.24) is 4.31 Å². The van der Waals surface area contributed by atoms with Crippen LogP contribution >= 0.6 is 15.9 Å². The summed E-state index contributed by atoms with van der Waals surface area (Å²) in [6.45, 7) is 1.09. The molecule has 0 aromatic heterocycles. The Hall–Kier alpha value is -0.430. The van der Waals surface area contributed by atoms with Gasteiger partial charge in [-0.15, -0.1) is 0 Å². The first kappa shape index (κ1) is 14.5. The minimum atomic E-state index is -3.40. The Morgan fingerprint density at radius 2 is 1.95 bits per heavy atom. The largest absolute Gasteiger partial charge is 0.326 e. The first-order valence-corrected chi connectivity index (χ1v) is 9.26. The fourth-order valence-corrected chi connectivity index (χ4v) is 5.22. The highest BCUT2D eigenvalue weighted by atomic mass is 79.9. The van der Waals surface area contributed by atoms with Crippen LogP contribution in [0, 0.1) is 5.92 Å². The third-order valence-electron chi connectivity index (χ3n) is 3.91. The number of nitrogens with zero attached hydrogens (tertiary/aromatic N) is 1. The molecule has 2 fully saturated rings. The highest BCUT2D eigenvalue weighted by Crippen LogP contribution is 2.39. The molecule has 2 N–H and O–H groups in total. The van der Waals surface area contributed by atoms with Crippen molar-refractivity contribution in [3.05, 3.63) is 28.2 Å². The second-order valence-electron chi connectivity index (χ2n) is 5.72. The number of hydrogen-bond donors (Lipinski definition) is 1. The topological polar surface area (TPSA) is 63.4 Å². The fraction of sp³-hybridized carbons (Fsp3) is 0.571. The average molecular weight is 359 g/mol. The molecule has 0 unspecified atom stereocenters. The van der Waals surface area contributed by atoms with Gasteiger partial charge < -0.3 is 5.73 Å². The van der Waals surface area contributed by atoms with Gasteiger partial charge in [-0.05, 0) is 65.2 Å². The van der Waals surface area contributed by atoms with Gasteiger partial charge in [-0.2, -0.15) is 4.31 Å². The van der Waals surface area contributed by atoms with E-state index in [1.165, 1.54) is 0 Å². The maximum atomic E-state index is 12.9. The molecule has 3 rings (SSSR count). The van der Waals surface area contributed by atoms with Gasteiger partial charge in [0.1, 0.15) is 0 Å². The lowest BCUT2D eigenvalue weighted by atomic mass is 10.2. The van der Waals surface area contributed by atoms with Crippen molar-refractivity contribution in [3.8, 4) is 0 Å². The summed E-state index contributed by atoms with van der Waals surface area (Å²) < 4.78 is 28.1. The molecule has 4 nitrogen and oxygen atoms in total. The van der Waals surface area contributed by atoms with Crippen LogP contribution in [0.25, 0.3) is 0 Å². The molecule has 0 amide bonds. The Morgan fingerprint density at radius 3 is 2.45 bits per heavy atom. The van der Waals surface area contributed by atoms with Crippen LogP contribution in [0.4, 0.5) is 0 Å². The van der Waals surface area contributed by atoms with Gasteiger partial charge in [-0.25, -0.2) is 8.42 Å². The van der Waals surface area contributed by atoms with Crippen LogP contribution in [0.3, 0.4) is 0 Å². The predicted octanol–water partition coefficient (Wildman–Crippen LogP) is 2.47. The predicted molar refractivity (Wildman–Crippen MR) is 81.7 cm³/mol. The molecule has 0 aliphatic heterocycles. The maximum Gasteiger partial charge on any atom is 0.244 e. The summed E-state index contributed by atoms with van der Waals surface area (Å²) in [4.78, 5) is 0.363. The summed E-state index contributed by atoms with van der Waals surface area (Å²) in [6.07, 6.45) is 4.30. The molecule has 2 saturated carbocycles. The van der Waals surface area contributed by atoms with E-state index in [9.17, 15) is 8.42 Å². The molecule has 1 aromatic carbocycles. The van der Waals surface area contributed by atoms with Gasteiger partial charge in [0.25, 0.3) is 0 Å². The second kappa shape index (κ2) is 5.40.